The van der Waals surface area contributed by atoms with Crippen LogP contribution in [0.3, 0.4) is 0 Å². The summed E-state index contributed by atoms with van der Waals surface area (Å²) in [5.74, 6) is 1.16. The van der Waals surface area contributed by atoms with Crippen LogP contribution < -0.4 is 10.6 Å². The molecule has 0 bridgehead atoms. The monoisotopic (exact) mass is 339 g/mol. The molecule has 0 unspecified atom stereocenters. The van der Waals surface area contributed by atoms with E-state index in [2.05, 4.69) is 25.6 Å². The van der Waals surface area contributed by atoms with E-state index in [4.69, 9.17) is 0 Å². The number of pyridine rings is 1. The second kappa shape index (κ2) is 8.55. The van der Waals surface area contributed by atoms with Crippen LogP contribution in [0.1, 0.15) is 60.4 Å². The molecule has 1 saturated carbocycles. The van der Waals surface area contributed by atoms with Crippen LogP contribution in [0, 0.1) is 6.92 Å². The van der Waals surface area contributed by atoms with E-state index in [1.54, 1.807) is 18.5 Å². The van der Waals surface area contributed by atoms with Gasteiger partial charge in [-0.25, -0.2) is 9.97 Å². The van der Waals surface area contributed by atoms with Gasteiger partial charge in [-0.15, -0.1) is 0 Å². The third-order valence-corrected chi connectivity index (χ3v) is 4.48. The third kappa shape index (κ3) is 5.24. The molecule has 132 valence electrons. The van der Waals surface area contributed by atoms with E-state index in [9.17, 15) is 4.79 Å². The fourth-order valence-corrected chi connectivity index (χ4v) is 3.16. The molecule has 6 heteroatoms. The SMILES string of the molecule is Cc1nc(NC2CCCCCC2)cc(C(=O)NCc2ccncc2)n1. The van der Waals surface area contributed by atoms with Gasteiger partial charge in [-0.05, 0) is 37.5 Å². The highest BCUT2D eigenvalue weighted by Crippen LogP contribution is 2.20. The maximum absolute atomic E-state index is 12.4. The van der Waals surface area contributed by atoms with Gasteiger partial charge in [0, 0.05) is 31.0 Å². The Kier molecular flexibility index (Phi) is 5.93. The molecule has 0 radical (unpaired) electrons. The molecule has 2 aromatic heterocycles. The van der Waals surface area contributed by atoms with Gasteiger partial charge in [-0.1, -0.05) is 25.7 Å². The van der Waals surface area contributed by atoms with E-state index < -0.39 is 0 Å². The quantitative estimate of drug-likeness (QED) is 0.818. The first-order chi connectivity index (χ1) is 12.2. The van der Waals surface area contributed by atoms with E-state index >= 15 is 0 Å². The van der Waals surface area contributed by atoms with Crippen molar-refractivity contribution in [3.05, 3.63) is 47.7 Å². The van der Waals surface area contributed by atoms with Crippen LogP contribution in [0.5, 0.6) is 0 Å². The van der Waals surface area contributed by atoms with Crippen molar-refractivity contribution in [1.29, 1.82) is 0 Å². The smallest absolute Gasteiger partial charge is 0.270 e. The van der Waals surface area contributed by atoms with Crippen molar-refractivity contribution in [3.8, 4) is 0 Å². The molecule has 1 aliphatic rings. The number of carbonyl (C=O) groups is 1. The normalized spacial score (nSPS) is 15.4. The maximum atomic E-state index is 12.4. The van der Waals surface area contributed by atoms with Crippen LogP contribution in [0.2, 0.25) is 0 Å². The zero-order chi connectivity index (χ0) is 17.5. The second-order valence-corrected chi connectivity index (χ2v) is 6.56. The van der Waals surface area contributed by atoms with E-state index in [0.29, 0.717) is 24.1 Å². The first-order valence-electron chi connectivity index (χ1n) is 9.00. The number of aryl methyl sites for hydroxylation is 1. The number of hydrogen-bond acceptors (Lipinski definition) is 5. The molecular formula is C19H25N5O. The highest BCUT2D eigenvalue weighted by atomic mass is 16.1. The van der Waals surface area contributed by atoms with Gasteiger partial charge in [0.25, 0.3) is 5.91 Å². The van der Waals surface area contributed by atoms with Gasteiger partial charge in [0.15, 0.2) is 0 Å². The maximum Gasteiger partial charge on any atom is 0.270 e. The molecular weight excluding hydrogens is 314 g/mol. The minimum atomic E-state index is -0.189. The van der Waals surface area contributed by atoms with Gasteiger partial charge < -0.3 is 10.6 Å². The topological polar surface area (TPSA) is 79.8 Å². The summed E-state index contributed by atoms with van der Waals surface area (Å²) >= 11 is 0. The number of nitrogens with one attached hydrogen (secondary N) is 2. The summed E-state index contributed by atoms with van der Waals surface area (Å²) in [7, 11) is 0. The Morgan fingerprint density at radius 1 is 1.12 bits per heavy atom. The average Bonchev–Trinajstić information content (AvgIpc) is 2.89. The Bertz CT molecular complexity index is 696. The number of anilines is 1. The Morgan fingerprint density at radius 2 is 1.84 bits per heavy atom. The molecule has 0 atom stereocenters. The van der Waals surface area contributed by atoms with Crippen LogP contribution >= 0.6 is 0 Å². The van der Waals surface area contributed by atoms with Crippen molar-refractivity contribution in [2.75, 3.05) is 5.32 Å². The van der Waals surface area contributed by atoms with E-state index in [1.165, 1.54) is 25.7 Å². The van der Waals surface area contributed by atoms with E-state index in [0.717, 1.165) is 24.2 Å². The van der Waals surface area contributed by atoms with Crippen molar-refractivity contribution in [3.63, 3.8) is 0 Å². The minimum absolute atomic E-state index is 0.189. The summed E-state index contributed by atoms with van der Waals surface area (Å²) in [6.07, 6.45) is 10.9. The lowest BCUT2D eigenvalue weighted by molar-refractivity contribution is 0.0945. The number of carbonyl (C=O) groups excluding carboxylic acids is 1. The van der Waals surface area contributed by atoms with Crippen LogP contribution in [-0.4, -0.2) is 26.9 Å². The molecule has 1 amide bonds. The predicted octanol–water partition coefficient (Wildman–Crippen LogP) is 3.24. The van der Waals surface area contributed by atoms with Crippen LogP contribution in [-0.2, 0) is 6.54 Å². The van der Waals surface area contributed by atoms with Crippen molar-refractivity contribution >= 4 is 11.7 Å². The molecule has 0 aliphatic heterocycles. The van der Waals surface area contributed by atoms with E-state index in [1.807, 2.05) is 19.1 Å². The second-order valence-electron chi connectivity index (χ2n) is 6.56. The standard InChI is InChI=1S/C19H25N5O/c1-14-22-17(19(25)21-13-15-8-10-20-11-9-15)12-18(23-14)24-16-6-4-2-3-5-7-16/h8-12,16H,2-7,13H2,1H3,(H,21,25)(H,22,23,24). The molecule has 0 saturated heterocycles. The highest BCUT2D eigenvalue weighted by molar-refractivity contribution is 5.92. The van der Waals surface area contributed by atoms with Crippen molar-refractivity contribution in [2.24, 2.45) is 0 Å². The fourth-order valence-electron chi connectivity index (χ4n) is 3.16. The molecule has 0 spiro atoms. The largest absolute Gasteiger partial charge is 0.367 e. The lowest BCUT2D eigenvalue weighted by Gasteiger charge is -2.17. The minimum Gasteiger partial charge on any atom is -0.367 e. The highest BCUT2D eigenvalue weighted by Gasteiger charge is 2.15. The van der Waals surface area contributed by atoms with Gasteiger partial charge in [0.05, 0.1) is 0 Å². The lowest BCUT2D eigenvalue weighted by Crippen LogP contribution is -2.25. The summed E-state index contributed by atoms with van der Waals surface area (Å²) < 4.78 is 0. The molecule has 0 aromatic carbocycles. The lowest BCUT2D eigenvalue weighted by atomic mass is 10.1. The molecule has 2 aromatic rings. The molecule has 3 rings (SSSR count). The fraction of sp³-hybridized carbons (Fsp3) is 0.474. The Labute approximate surface area is 148 Å². The number of amides is 1. The summed E-state index contributed by atoms with van der Waals surface area (Å²) in [5, 5.41) is 6.39. The Hall–Kier alpha value is -2.50. The molecule has 2 N–H and O–H groups in total. The third-order valence-electron chi connectivity index (χ3n) is 4.48. The van der Waals surface area contributed by atoms with Crippen LogP contribution in [0.15, 0.2) is 30.6 Å². The Balaban J connectivity index is 1.64. The van der Waals surface area contributed by atoms with Crippen LogP contribution in [0.4, 0.5) is 5.82 Å². The number of rotatable bonds is 5. The van der Waals surface area contributed by atoms with Gasteiger partial charge >= 0.3 is 0 Å². The number of aromatic nitrogens is 3. The van der Waals surface area contributed by atoms with Crippen molar-refractivity contribution in [1.82, 2.24) is 20.3 Å². The number of nitrogens with zero attached hydrogens (tertiary/aromatic N) is 3. The summed E-state index contributed by atoms with van der Waals surface area (Å²) in [4.78, 5) is 25.1. The zero-order valence-electron chi connectivity index (χ0n) is 14.7. The van der Waals surface area contributed by atoms with Gasteiger partial charge in [-0.2, -0.15) is 0 Å². The molecule has 2 heterocycles. The summed E-state index contributed by atoms with van der Waals surface area (Å²) in [5.41, 5.74) is 1.41. The predicted molar refractivity (Wildman–Crippen MR) is 97.3 cm³/mol. The van der Waals surface area contributed by atoms with Crippen LogP contribution in [0.25, 0.3) is 0 Å². The average molecular weight is 339 g/mol. The summed E-state index contributed by atoms with van der Waals surface area (Å²) in [6, 6.07) is 5.94. The summed E-state index contributed by atoms with van der Waals surface area (Å²) in [6.45, 7) is 2.27. The molecule has 1 fully saturated rings. The Morgan fingerprint density at radius 3 is 2.56 bits per heavy atom. The first kappa shape index (κ1) is 17.3. The van der Waals surface area contributed by atoms with Crippen molar-refractivity contribution in [2.45, 2.75) is 58.0 Å². The zero-order valence-corrected chi connectivity index (χ0v) is 14.7. The molecule has 1 aliphatic carbocycles. The first-order valence-corrected chi connectivity index (χ1v) is 9.00. The van der Waals surface area contributed by atoms with Gasteiger partial charge in [0.1, 0.15) is 17.3 Å². The number of hydrogen-bond donors (Lipinski definition) is 2. The molecule has 6 nitrogen and oxygen atoms in total. The molecule has 25 heavy (non-hydrogen) atoms. The van der Waals surface area contributed by atoms with Gasteiger partial charge in [0.2, 0.25) is 0 Å². The van der Waals surface area contributed by atoms with E-state index in [-0.39, 0.29) is 5.91 Å². The van der Waals surface area contributed by atoms with Gasteiger partial charge in [-0.3, -0.25) is 9.78 Å². The van der Waals surface area contributed by atoms with Crippen molar-refractivity contribution < 1.29 is 4.79 Å².